The number of rotatable bonds is 11. The van der Waals surface area contributed by atoms with Crippen LogP contribution in [0.15, 0.2) is 12.1 Å². The van der Waals surface area contributed by atoms with E-state index in [0.717, 1.165) is 6.07 Å². The van der Waals surface area contributed by atoms with E-state index in [2.05, 4.69) is 0 Å². The van der Waals surface area contributed by atoms with Crippen molar-refractivity contribution < 1.29 is 31.7 Å². The van der Waals surface area contributed by atoms with Crippen LogP contribution < -0.4 is 4.48 Å². The minimum Gasteiger partial charge on any atom is -0.481 e. The highest BCUT2D eigenvalue weighted by Gasteiger charge is 2.49. The Bertz CT molecular complexity index is 846. The number of hydrogen-bond acceptors (Lipinski definition) is 3. The number of hydrogen-bond donors (Lipinski definition) is 2. The molecule has 0 aliphatic carbocycles. The van der Waals surface area contributed by atoms with E-state index in [-0.39, 0.29) is 30.6 Å². The van der Waals surface area contributed by atoms with Gasteiger partial charge in [0.05, 0.1) is 30.4 Å². The number of fused-ring (bicyclic) bond motifs is 1. The molecule has 0 amide bonds. The first kappa shape index (κ1) is 23.7. The van der Waals surface area contributed by atoms with Gasteiger partial charge in [-0.3, -0.25) is 13.8 Å². The van der Waals surface area contributed by atoms with E-state index in [9.17, 15) is 22.0 Å². The van der Waals surface area contributed by atoms with Gasteiger partial charge in [0.15, 0.2) is 0 Å². The van der Waals surface area contributed by atoms with E-state index in [4.69, 9.17) is 9.66 Å². The van der Waals surface area contributed by atoms with Gasteiger partial charge in [-0.05, 0) is 39.0 Å². The van der Waals surface area contributed by atoms with Gasteiger partial charge in [-0.15, -0.1) is 0 Å². The Kier molecular flexibility index (Phi) is 7.75. The Morgan fingerprint density at radius 2 is 1.69 bits per heavy atom. The molecule has 1 aromatic carbocycles. The average molecular weight is 435 g/mol. The van der Waals surface area contributed by atoms with Gasteiger partial charge >= 0.3 is 5.97 Å². The summed E-state index contributed by atoms with van der Waals surface area (Å²) < 4.78 is 60.0. The van der Waals surface area contributed by atoms with Crippen molar-refractivity contribution in [3.05, 3.63) is 29.3 Å². The summed E-state index contributed by atoms with van der Waals surface area (Å²) in [6, 6.07) is 2.23. The molecule has 3 atom stereocenters. The van der Waals surface area contributed by atoms with E-state index in [1.807, 2.05) is 13.8 Å². The number of unbranched alkanes of at least 4 members (excludes halogenated alkanes) is 3. The molecule has 9 heteroatoms. The summed E-state index contributed by atoms with van der Waals surface area (Å²) in [5, 5.41) is 8.80. The van der Waals surface area contributed by atoms with Crippen LogP contribution in [0.2, 0.25) is 0 Å². The van der Waals surface area contributed by atoms with Gasteiger partial charge in [0.1, 0.15) is 17.3 Å². The lowest BCUT2D eigenvalue weighted by atomic mass is 9.97. The molecule has 3 unspecified atom stereocenters. The molecule has 29 heavy (non-hydrogen) atoms. The topological polar surface area (TPSA) is 91.7 Å². The Balaban J connectivity index is 2.26. The molecule has 0 bridgehead atoms. The summed E-state index contributed by atoms with van der Waals surface area (Å²) in [7, 11) is -4.05. The second-order valence-corrected chi connectivity index (χ2v) is 9.60. The van der Waals surface area contributed by atoms with Crippen molar-refractivity contribution in [3.63, 3.8) is 0 Å². The zero-order chi connectivity index (χ0) is 21.8. The van der Waals surface area contributed by atoms with Gasteiger partial charge in [-0.25, -0.2) is 8.78 Å². The number of carboxylic acids is 1. The second kappa shape index (κ2) is 9.49. The van der Waals surface area contributed by atoms with Crippen molar-refractivity contribution in [1.29, 1.82) is 0 Å². The van der Waals surface area contributed by atoms with Gasteiger partial charge in [-0.1, -0.05) is 6.92 Å². The summed E-state index contributed by atoms with van der Waals surface area (Å²) in [4.78, 5) is 10.7. The molecule has 0 fully saturated rings. The predicted octanol–water partition coefficient (Wildman–Crippen LogP) is 4.09. The molecule has 1 aliphatic rings. The maximum absolute atomic E-state index is 14.6. The molecule has 0 saturated heterocycles. The molecular formula is C20H30F2NO5S+. The number of aliphatic carboxylic acids is 1. The van der Waals surface area contributed by atoms with E-state index in [0.29, 0.717) is 54.5 Å². The third kappa shape index (κ3) is 5.73. The van der Waals surface area contributed by atoms with Crippen LogP contribution in [0.4, 0.5) is 14.5 Å². The fourth-order valence-electron chi connectivity index (χ4n) is 4.56. The van der Waals surface area contributed by atoms with E-state index >= 15 is 0 Å². The summed E-state index contributed by atoms with van der Waals surface area (Å²) >= 11 is 0. The maximum Gasteiger partial charge on any atom is 0.303 e. The highest BCUT2D eigenvalue weighted by Crippen LogP contribution is 2.48. The van der Waals surface area contributed by atoms with Crippen molar-refractivity contribution in [2.45, 2.75) is 64.3 Å². The molecule has 2 N–H and O–H groups in total. The molecular weight excluding hydrogens is 404 g/mol. The van der Waals surface area contributed by atoms with Crippen LogP contribution in [0, 0.1) is 11.6 Å². The van der Waals surface area contributed by atoms with Crippen LogP contribution in [-0.2, 0) is 14.9 Å². The molecule has 164 valence electrons. The lowest BCUT2D eigenvalue weighted by molar-refractivity contribution is -0.137. The molecule has 0 radical (unpaired) electrons. The van der Waals surface area contributed by atoms with Crippen molar-refractivity contribution in [1.82, 2.24) is 4.48 Å². The lowest BCUT2D eigenvalue weighted by Crippen LogP contribution is -2.55. The molecule has 0 spiro atoms. The highest BCUT2D eigenvalue weighted by molar-refractivity contribution is 7.85. The Morgan fingerprint density at radius 1 is 1.07 bits per heavy atom. The van der Waals surface area contributed by atoms with Crippen LogP contribution in [0.25, 0.3) is 0 Å². The minimum atomic E-state index is -4.05. The van der Waals surface area contributed by atoms with Crippen molar-refractivity contribution >= 4 is 21.8 Å². The van der Waals surface area contributed by atoms with Crippen molar-refractivity contribution in [2.24, 2.45) is 0 Å². The minimum absolute atomic E-state index is 0.0356. The zero-order valence-corrected chi connectivity index (χ0v) is 17.7. The third-order valence-corrected chi connectivity index (χ3v) is 6.97. The van der Waals surface area contributed by atoms with Crippen LogP contribution >= 0.6 is 0 Å². The van der Waals surface area contributed by atoms with E-state index < -0.39 is 27.7 Å². The lowest BCUT2D eigenvalue weighted by Gasteiger charge is -2.40. The third-order valence-electron chi connectivity index (χ3n) is 6.17. The quantitative estimate of drug-likeness (QED) is 0.311. The van der Waals surface area contributed by atoms with E-state index in [1.165, 1.54) is 6.07 Å². The first-order chi connectivity index (χ1) is 13.5. The maximum atomic E-state index is 14.6. The first-order valence-electron chi connectivity index (χ1n) is 10.0. The van der Waals surface area contributed by atoms with E-state index in [1.54, 1.807) is 0 Å². The standard InChI is InChI=1S/C20H29F2NO5S/c1-14-15(2)23(9-5-3-4-8-19(24)25,10-6-7-11-29(26,27)28)18-13-16(21)12-17(22)20(14)18/h12-15H,3-11H2,1-2H3,(H-,24,25,26,27,28)/p+1. The Morgan fingerprint density at radius 3 is 2.28 bits per heavy atom. The molecule has 0 saturated carbocycles. The molecule has 1 heterocycles. The number of halogens is 2. The summed E-state index contributed by atoms with van der Waals surface area (Å²) in [6.07, 6.45) is 2.73. The number of carboxylic acid groups (broad SMARTS) is 1. The van der Waals surface area contributed by atoms with Crippen LogP contribution in [0.3, 0.4) is 0 Å². The normalized spacial score (nSPS) is 23.9. The van der Waals surface area contributed by atoms with Crippen molar-refractivity contribution in [3.8, 4) is 0 Å². The first-order valence-corrected chi connectivity index (χ1v) is 11.6. The number of quaternary nitrogens is 1. The smallest absolute Gasteiger partial charge is 0.303 e. The van der Waals surface area contributed by atoms with Crippen LogP contribution in [0.5, 0.6) is 0 Å². The van der Waals surface area contributed by atoms with Crippen molar-refractivity contribution in [2.75, 3.05) is 18.8 Å². The van der Waals surface area contributed by atoms with Gasteiger partial charge in [0.25, 0.3) is 10.1 Å². The van der Waals surface area contributed by atoms with Gasteiger partial charge in [0.2, 0.25) is 0 Å². The largest absolute Gasteiger partial charge is 0.481 e. The SMILES string of the molecule is CC1c2c(F)cc(F)cc2[N+](CCCCCC(=O)O)(CCCCS(=O)(=O)O)C1C. The second-order valence-electron chi connectivity index (χ2n) is 8.03. The molecule has 1 aromatic rings. The number of benzene rings is 1. The van der Waals surface area contributed by atoms with Crippen LogP contribution in [0.1, 0.15) is 63.9 Å². The van der Waals surface area contributed by atoms with Gasteiger partial charge in [-0.2, -0.15) is 8.42 Å². The number of carbonyl (C=O) groups is 1. The fourth-order valence-corrected chi connectivity index (χ4v) is 5.13. The van der Waals surface area contributed by atoms with Gasteiger partial charge < -0.3 is 5.11 Å². The van der Waals surface area contributed by atoms with Crippen LogP contribution in [-0.4, -0.2) is 48.9 Å². The zero-order valence-electron chi connectivity index (χ0n) is 16.9. The summed E-state index contributed by atoms with van der Waals surface area (Å²) in [5.41, 5.74) is 1.09. The van der Waals surface area contributed by atoms with Gasteiger partial charge in [0, 0.05) is 24.5 Å². The summed E-state index contributed by atoms with van der Waals surface area (Å²) in [5.74, 6) is -2.54. The average Bonchev–Trinajstić information content (AvgIpc) is 2.79. The molecule has 0 aromatic heterocycles. The predicted molar refractivity (Wildman–Crippen MR) is 108 cm³/mol. The molecule has 2 rings (SSSR count). The Hall–Kier alpha value is -1.58. The highest BCUT2D eigenvalue weighted by atomic mass is 32.2. The molecule has 6 nitrogen and oxygen atoms in total. The summed E-state index contributed by atoms with van der Waals surface area (Å²) in [6.45, 7) is 4.98. The molecule has 1 aliphatic heterocycles. The number of nitrogens with zero attached hydrogens (tertiary/aromatic N) is 1. The monoisotopic (exact) mass is 434 g/mol. The Labute approximate surface area is 170 Å². The fraction of sp³-hybridized carbons (Fsp3) is 0.650.